The average molecular weight is 282 g/mol. The standard InChI is InChI=1S/C16H14N2O3/c1-17-11-13(21-16-9-5-4-8-15(16)17)10-12-6-2-3-7-14(12)18(19)20/h2-10H,11H2,1H3/b13-10-. The predicted octanol–water partition coefficient (Wildman–Crippen LogP) is 3.46. The molecule has 0 N–H and O–H groups in total. The molecular formula is C16H14N2O3. The van der Waals surface area contributed by atoms with Gasteiger partial charge in [-0.1, -0.05) is 24.3 Å². The van der Waals surface area contributed by atoms with E-state index in [1.54, 1.807) is 24.3 Å². The maximum absolute atomic E-state index is 11.1. The number of nitro benzene ring substituents is 1. The first-order valence-corrected chi connectivity index (χ1v) is 6.57. The Labute approximate surface area is 122 Å². The van der Waals surface area contributed by atoms with Crippen LogP contribution in [0.2, 0.25) is 0 Å². The van der Waals surface area contributed by atoms with Crippen molar-refractivity contribution >= 4 is 17.5 Å². The van der Waals surface area contributed by atoms with E-state index in [2.05, 4.69) is 4.90 Å². The summed E-state index contributed by atoms with van der Waals surface area (Å²) in [4.78, 5) is 12.7. The molecule has 0 radical (unpaired) electrons. The molecule has 0 aromatic heterocycles. The molecule has 2 aromatic rings. The van der Waals surface area contributed by atoms with Crippen molar-refractivity contribution in [2.24, 2.45) is 0 Å². The third-order valence-corrected chi connectivity index (χ3v) is 3.36. The van der Waals surface area contributed by atoms with E-state index in [9.17, 15) is 10.1 Å². The maximum Gasteiger partial charge on any atom is 0.276 e. The molecule has 0 amide bonds. The van der Waals surface area contributed by atoms with Crippen LogP contribution in [-0.4, -0.2) is 18.5 Å². The number of fused-ring (bicyclic) bond motifs is 1. The van der Waals surface area contributed by atoms with Gasteiger partial charge in [0, 0.05) is 13.1 Å². The number of likely N-dealkylation sites (N-methyl/N-ethyl adjacent to an activating group) is 1. The van der Waals surface area contributed by atoms with E-state index in [4.69, 9.17) is 4.74 Å². The van der Waals surface area contributed by atoms with Crippen LogP contribution in [0.5, 0.6) is 5.75 Å². The molecule has 1 heterocycles. The highest BCUT2D eigenvalue weighted by atomic mass is 16.6. The third-order valence-electron chi connectivity index (χ3n) is 3.36. The third kappa shape index (κ3) is 2.58. The van der Waals surface area contributed by atoms with Crippen molar-refractivity contribution < 1.29 is 9.66 Å². The molecule has 21 heavy (non-hydrogen) atoms. The zero-order chi connectivity index (χ0) is 14.8. The normalized spacial score (nSPS) is 15.5. The summed E-state index contributed by atoms with van der Waals surface area (Å²) in [6.07, 6.45) is 1.73. The topological polar surface area (TPSA) is 55.6 Å². The Bertz CT molecular complexity index is 725. The van der Waals surface area contributed by atoms with Crippen molar-refractivity contribution in [1.82, 2.24) is 0 Å². The molecule has 0 aliphatic carbocycles. The zero-order valence-electron chi connectivity index (χ0n) is 11.5. The lowest BCUT2D eigenvalue weighted by Gasteiger charge is -2.29. The molecule has 0 atom stereocenters. The molecule has 0 saturated carbocycles. The van der Waals surface area contributed by atoms with Gasteiger partial charge in [-0.2, -0.15) is 0 Å². The molecule has 0 spiro atoms. The summed E-state index contributed by atoms with van der Waals surface area (Å²) < 4.78 is 5.84. The molecule has 106 valence electrons. The first-order valence-electron chi connectivity index (χ1n) is 6.57. The average Bonchev–Trinajstić information content (AvgIpc) is 2.47. The quantitative estimate of drug-likeness (QED) is 0.625. The first-order chi connectivity index (χ1) is 10.1. The summed E-state index contributed by atoms with van der Waals surface area (Å²) in [5.74, 6) is 1.45. The van der Waals surface area contributed by atoms with Crippen LogP contribution in [0.25, 0.3) is 6.08 Å². The van der Waals surface area contributed by atoms with E-state index in [-0.39, 0.29) is 10.6 Å². The van der Waals surface area contributed by atoms with E-state index in [1.807, 2.05) is 31.3 Å². The van der Waals surface area contributed by atoms with Gasteiger partial charge in [0.05, 0.1) is 22.7 Å². The summed E-state index contributed by atoms with van der Waals surface area (Å²) in [7, 11) is 1.97. The highest BCUT2D eigenvalue weighted by molar-refractivity contribution is 5.67. The number of anilines is 1. The molecule has 3 rings (SSSR count). The Hall–Kier alpha value is -2.82. The smallest absolute Gasteiger partial charge is 0.276 e. The number of rotatable bonds is 2. The van der Waals surface area contributed by atoms with Crippen molar-refractivity contribution in [3.8, 4) is 5.75 Å². The summed E-state index contributed by atoms with van der Waals surface area (Å²) in [5, 5.41) is 11.1. The second-order valence-corrected chi connectivity index (χ2v) is 4.85. The lowest BCUT2D eigenvalue weighted by molar-refractivity contribution is -0.385. The van der Waals surface area contributed by atoms with Gasteiger partial charge in [-0.25, -0.2) is 0 Å². The van der Waals surface area contributed by atoms with Gasteiger partial charge in [0.1, 0.15) is 11.5 Å². The van der Waals surface area contributed by atoms with Gasteiger partial charge in [0.2, 0.25) is 0 Å². The summed E-state index contributed by atoms with van der Waals surface area (Å²) in [6.45, 7) is 0.572. The Morgan fingerprint density at radius 2 is 1.90 bits per heavy atom. The van der Waals surface area contributed by atoms with Crippen LogP contribution >= 0.6 is 0 Å². The van der Waals surface area contributed by atoms with E-state index >= 15 is 0 Å². The van der Waals surface area contributed by atoms with E-state index in [1.165, 1.54) is 6.07 Å². The lowest BCUT2D eigenvalue weighted by Crippen LogP contribution is -2.27. The number of nitro groups is 1. The van der Waals surface area contributed by atoms with Crippen LogP contribution < -0.4 is 9.64 Å². The molecule has 1 aliphatic rings. The zero-order valence-corrected chi connectivity index (χ0v) is 11.5. The number of ether oxygens (including phenoxy) is 1. The van der Waals surface area contributed by atoms with Gasteiger partial charge in [0.15, 0.2) is 0 Å². The van der Waals surface area contributed by atoms with Crippen LogP contribution in [0, 0.1) is 10.1 Å². The highest BCUT2D eigenvalue weighted by Crippen LogP contribution is 2.34. The fraction of sp³-hybridized carbons (Fsp3) is 0.125. The number of benzene rings is 2. The fourth-order valence-electron chi connectivity index (χ4n) is 2.38. The molecule has 1 aliphatic heterocycles. The van der Waals surface area contributed by atoms with Crippen LogP contribution in [0.3, 0.4) is 0 Å². The molecule has 0 saturated heterocycles. The Morgan fingerprint density at radius 3 is 2.71 bits per heavy atom. The van der Waals surface area contributed by atoms with Crippen molar-refractivity contribution in [3.63, 3.8) is 0 Å². The minimum Gasteiger partial charge on any atom is -0.458 e. The Kier molecular flexibility index (Phi) is 3.31. The van der Waals surface area contributed by atoms with Crippen LogP contribution in [0.15, 0.2) is 54.3 Å². The maximum atomic E-state index is 11.1. The molecule has 0 unspecified atom stereocenters. The van der Waals surface area contributed by atoms with E-state index in [0.29, 0.717) is 17.9 Å². The highest BCUT2D eigenvalue weighted by Gasteiger charge is 2.19. The number of nitrogens with zero attached hydrogens (tertiary/aromatic N) is 2. The SMILES string of the molecule is CN1C/C(=C/c2ccccc2[N+](=O)[O-])Oc2ccccc21. The van der Waals surface area contributed by atoms with E-state index in [0.717, 1.165) is 11.4 Å². The minimum absolute atomic E-state index is 0.0788. The summed E-state index contributed by atoms with van der Waals surface area (Å²) >= 11 is 0. The van der Waals surface area contributed by atoms with Gasteiger partial charge in [-0.15, -0.1) is 0 Å². The monoisotopic (exact) mass is 282 g/mol. The van der Waals surface area contributed by atoms with Crippen molar-refractivity contribution in [1.29, 1.82) is 0 Å². The van der Waals surface area contributed by atoms with Gasteiger partial charge >= 0.3 is 0 Å². The summed E-state index contributed by atoms with van der Waals surface area (Å²) in [5.41, 5.74) is 1.64. The molecule has 0 fully saturated rings. The second kappa shape index (κ2) is 5.28. The molecule has 5 nitrogen and oxygen atoms in total. The Balaban J connectivity index is 1.98. The van der Waals surface area contributed by atoms with Crippen LogP contribution in [-0.2, 0) is 0 Å². The van der Waals surface area contributed by atoms with Gasteiger partial charge < -0.3 is 9.64 Å². The van der Waals surface area contributed by atoms with Crippen molar-refractivity contribution in [2.75, 3.05) is 18.5 Å². The molecular weight excluding hydrogens is 268 g/mol. The number of hydrogen-bond donors (Lipinski definition) is 0. The molecule has 5 heteroatoms. The van der Waals surface area contributed by atoms with E-state index < -0.39 is 0 Å². The summed E-state index contributed by atoms with van der Waals surface area (Å²) in [6, 6.07) is 14.4. The van der Waals surface area contributed by atoms with Crippen molar-refractivity contribution in [2.45, 2.75) is 0 Å². The van der Waals surface area contributed by atoms with Crippen molar-refractivity contribution in [3.05, 3.63) is 70.0 Å². The van der Waals surface area contributed by atoms with Crippen LogP contribution in [0.4, 0.5) is 11.4 Å². The number of para-hydroxylation sites is 3. The fourth-order valence-corrected chi connectivity index (χ4v) is 2.38. The lowest BCUT2D eigenvalue weighted by atomic mass is 10.1. The van der Waals surface area contributed by atoms with Gasteiger partial charge in [0.25, 0.3) is 5.69 Å². The second-order valence-electron chi connectivity index (χ2n) is 4.85. The van der Waals surface area contributed by atoms with Gasteiger partial charge in [-0.3, -0.25) is 10.1 Å². The first kappa shape index (κ1) is 13.2. The predicted molar refractivity (Wildman–Crippen MR) is 81.4 cm³/mol. The minimum atomic E-state index is -0.382. The van der Waals surface area contributed by atoms with Crippen LogP contribution in [0.1, 0.15) is 5.56 Å². The number of hydrogen-bond acceptors (Lipinski definition) is 4. The largest absolute Gasteiger partial charge is 0.458 e. The van der Waals surface area contributed by atoms with Gasteiger partial charge in [-0.05, 0) is 24.3 Å². The molecule has 0 bridgehead atoms. The molecule has 2 aromatic carbocycles. The Morgan fingerprint density at radius 1 is 1.19 bits per heavy atom.